The molecule has 4 aromatic carbocycles. The lowest BCUT2D eigenvalue weighted by atomic mass is 10.1. The maximum atomic E-state index is 13.5. The maximum absolute atomic E-state index is 13.5. The third-order valence-electron chi connectivity index (χ3n) is 6.25. The molecule has 0 aliphatic carbocycles. The summed E-state index contributed by atoms with van der Waals surface area (Å²) in [5.74, 6) is 0.849. The first kappa shape index (κ1) is 30.3. The molecule has 0 saturated carbocycles. The highest BCUT2D eigenvalue weighted by Gasteiger charge is 2.30. The van der Waals surface area contributed by atoms with Gasteiger partial charge in [-0.3, -0.25) is 9.36 Å². The van der Waals surface area contributed by atoms with E-state index in [1.807, 2.05) is 59.7 Å². The molecule has 0 amide bonds. The first-order valence-electron chi connectivity index (χ1n) is 14.0. The zero-order chi connectivity index (χ0) is 28.6. The van der Waals surface area contributed by atoms with Crippen molar-refractivity contribution in [3.63, 3.8) is 0 Å². The molecule has 0 radical (unpaired) electrons. The predicted molar refractivity (Wildman–Crippen MR) is 163 cm³/mol. The molecule has 0 aromatic heterocycles. The molecule has 41 heavy (non-hydrogen) atoms. The third kappa shape index (κ3) is 11.0. The number of hydrogen-bond donors (Lipinski definition) is 0. The van der Waals surface area contributed by atoms with E-state index in [1.165, 1.54) is 11.1 Å². The molecule has 214 valence electrons. The fourth-order valence-electron chi connectivity index (χ4n) is 4.20. The molecule has 4 aromatic rings. The predicted octanol–water partition coefficient (Wildman–Crippen LogP) is 9.02. The second kappa shape index (κ2) is 16.6. The Morgan fingerprint density at radius 1 is 0.659 bits per heavy atom. The monoisotopic (exact) mass is 571 g/mol. The van der Waals surface area contributed by atoms with Crippen molar-refractivity contribution in [3.05, 3.63) is 145 Å². The lowest BCUT2D eigenvalue weighted by Gasteiger charge is -2.26. The van der Waals surface area contributed by atoms with E-state index in [2.05, 4.69) is 30.8 Å². The van der Waals surface area contributed by atoms with Gasteiger partial charge >= 0.3 is 7.82 Å². The van der Waals surface area contributed by atoms with Crippen molar-refractivity contribution in [2.24, 2.45) is 0 Å². The topological polar surface area (TPSA) is 57.2 Å². The summed E-state index contributed by atoms with van der Waals surface area (Å²) in [4.78, 5) is 6.40. The smallest absolute Gasteiger partial charge is 0.395 e. The summed E-state index contributed by atoms with van der Waals surface area (Å²) < 4.78 is 30.5. The molecule has 0 fully saturated rings. The van der Waals surface area contributed by atoms with Crippen molar-refractivity contribution in [2.45, 2.75) is 44.9 Å². The van der Waals surface area contributed by atoms with Gasteiger partial charge in [0.25, 0.3) is 0 Å². The highest BCUT2D eigenvalue weighted by molar-refractivity contribution is 7.49. The fraction of sp³-hybridized carbons (Fsp3) is 0.235. The van der Waals surface area contributed by atoms with Crippen LogP contribution in [0.5, 0.6) is 11.5 Å². The number of nitrogens with zero attached hydrogens (tertiary/aromatic N) is 1. The van der Waals surface area contributed by atoms with Crippen LogP contribution in [0.15, 0.2) is 134 Å². The molecule has 0 aliphatic rings. The van der Waals surface area contributed by atoms with Gasteiger partial charge in [-0.05, 0) is 48.2 Å². The van der Waals surface area contributed by atoms with Crippen LogP contribution in [-0.2, 0) is 27.0 Å². The summed E-state index contributed by atoms with van der Waals surface area (Å²) in [5, 5.41) is 2.00. The molecule has 6 nitrogen and oxygen atoms in total. The number of para-hydroxylation sites is 2. The molecule has 0 N–H and O–H groups in total. The maximum Gasteiger partial charge on any atom is 0.587 e. The minimum absolute atomic E-state index is 0.128. The summed E-state index contributed by atoms with van der Waals surface area (Å²) >= 11 is 0. The van der Waals surface area contributed by atoms with E-state index in [9.17, 15) is 4.57 Å². The van der Waals surface area contributed by atoms with Crippen molar-refractivity contribution in [1.82, 2.24) is 5.06 Å². The molecule has 0 aliphatic heterocycles. The molecule has 1 atom stereocenters. The van der Waals surface area contributed by atoms with Crippen molar-refractivity contribution in [1.29, 1.82) is 0 Å². The van der Waals surface area contributed by atoms with Crippen LogP contribution in [0, 0.1) is 0 Å². The van der Waals surface area contributed by atoms with Gasteiger partial charge in [-0.15, -0.1) is 6.58 Å². The number of phosphoric ester groups is 1. The Labute approximate surface area is 243 Å². The highest BCUT2D eigenvalue weighted by Crippen LogP contribution is 2.49. The van der Waals surface area contributed by atoms with Gasteiger partial charge in [0.1, 0.15) is 11.5 Å². The van der Waals surface area contributed by atoms with Gasteiger partial charge < -0.3 is 9.05 Å². The molecule has 0 heterocycles. The molecular weight excluding hydrogens is 533 g/mol. The quantitative estimate of drug-likeness (QED) is 0.0514. The third-order valence-corrected chi connectivity index (χ3v) is 7.62. The van der Waals surface area contributed by atoms with E-state index in [-0.39, 0.29) is 12.7 Å². The normalized spacial score (nSPS) is 12.1. The first-order valence-corrected chi connectivity index (χ1v) is 15.4. The molecule has 0 spiro atoms. The molecule has 0 saturated heterocycles. The molecule has 7 heteroatoms. The minimum atomic E-state index is -3.87. The van der Waals surface area contributed by atoms with E-state index in [0.29, 0.717) is 31.0 Å². The molecule has 0 unspecified atom stereocenters. The van der Waals surface area contributed by atoms with Gasteiger partial charge in [0.15, 0.2) is 0 Å². The van der Waals surface area contributed by atoms with Crippen LogP contribution in [-0.4, -0.2) is 17.8 Å². The van der Waals surface area contributed by atoms with Crippen LogP contribution < -0.4 is 9.05 Å². The van der Waals surface area contributed by atoms with Gasteiger partial charge in [-0.1, -0.05) is 116 Å². The number of benzene rings is 4. The minimum Gasteiger partial charge on any atom is -0.395 e. The van der Waals surface area contributed by atoms with E-state index in [0.717, 1.165) is 19.3 Å². The second-order valence-electron chi connectivity index (χ2n) is 9.59. The SMILES string of the molecule is C=C[C@@H](CCCCCOP(=O)(Oc1ccccc1)Oc1ccccc1)ON(Cc1ccccc1)Cc1ccccc1. The Kier molecular flexibility index (Phi) is 12.2. The lowest BCUT2D eigenvalue weighted by molar-refractivity contribution is -0.199. The Morgan fingerprint density at radius 2 is 1.12 bits per heavy atom. The Morgan fingerprint density at radius 3 is 1.59 bits per heavy atom. The van der Waals surface area contributed by atoms with Crippen LogP contribution in [0.25, 0.3) is 0 Å². The summed E-state index contributed by atoms with van der Waals surface area (Å²) in [7, 11) is -3.87. The summed E-state index contributed by atoms with van der Waals surface area (Å²) in [5.41, 5.74) is 2.37. The highest BCUT2D eigenvalue weighted by atomic mass is 31.2. The Hall–Kier alpha value is -3.67. The van der Waals surface area contributed by atoms with Crippen molar-refractivity contribution in [3.8, 4) is 11.5 Å². The summed E-state index contributed by atoms with van der Waals surface area (Å²) in [6.45, 7) is 5.60. The Balaban J connectivity index is 1.26. The van der Waals surface area contributed by atoms with Gasteiger partial charge in [-0.2, -0.15) is 5.06 Å². The number of phosphoric acid groups is 1. The number of hydrogen-bond acceptors (Lipinski definition) is 6. The van der Waals surface area contributed by atoms with Crippen LogP contribution in [0.1, 0.15) is 36.8 Å². The molecular formula is C34H38NO5P. The van der Waals surface area contributed by atoms with Crippen molar-refractivity contribution < 1.29 is 23.0 Å². The molecule has 0 bridgehead atoms. The van der Waals surface area contributed by atoms with Crippen LogP contribution in [0.3, 0.4) is 0 Å². The summed E-state index contributed by atoms with van der Waals surface area (Å²) in [6.07, 6.45) is 4.99. The lowest BCUT2D eigenvalue weighted by Crippen LogP contribution is -2.28. The first-order chi connectivity index (χ1) is 20.1. The Bertz CT molecular complexity index is 1240. The largest absolute Gasteiger partial charge is 0.587 e. The van der Waals surface area contributed by atoms with Crippen molar-refractivity contribution >= 4 is 7.82 Å². The molecule has 4 rings (SSSR count). The standard InChI is InChI=1S/C34H38NO5P/c1-2-32(38-35(28-30-18-8-3-9-19-30)29-31-20-10-4-11-21-31)22-16-7-17-27-37-41(36,39-33-23-12-5-13-24-33)40-34-25-14-6-15-26-34/h2-6,8-15,18-21,23-26,32H,1,7,16-17,22,27-29H2/t32-/m0/s1. The zero-order valence-electron chi connectivity index (χ0n) is 23.3. The number of hydroxylamine groups is 2. The summed E-state index contributed by atoms with van der Waals surface area (Å²) in [6, 6.07) is 38.4. The van der Waals surface area contributed by atoms with Gasteiger partial charge in [0.2, 0.25) is 0 Å². The van der Waals surface area contributed by atoms with Crippen LogP contribution in [0.2, 0.25) is 0 Å². The van der Waals surface area contributed by atoms with Gasteiger partial charge in [-0.25, -0.2) is 4.57 Å². The van der Waals surface area contributed by atoms with Crippen molar-refractivity contribution in [2.75, 3.05) is 6.61 Å². The number of unbranched alkanes of at least 4 members (excludes halogenated alkanes) is 2. The average Bonchev–Trinajstić information content (AvgIpc) is 3.00. The average molecular weight is 572 g/mol. The number of rotatable bonds is 18. The van der Waals surface area contributed by atoms with E-state index >= 15 is 0 Å². The van der Waals surface area contributed by atoms with Crippen LogP contribution in [0.4, 0.5) is 0 Å². The van der Waals surface area contributed by atoms with E-state index in [4.69, 9.17) is 18.4 Å². The van der Waals surface area contributed by atoms with Gasteiger partial charge in [0, 0.05) is 13.1 Å². The van der Waals surface area contributed by atoms with E-state index < -0.39 is 7.82 Å². The van der Waals surface area contributed by atoms with Gasteiger partial charge in [0.05, 0.1) is 12.7 Å². The fourth-order valence-corrected chi connectivity index (χ4v) is 5.46. The zero-order valence-corrected chi connectivity index (χ0v) is 24.2. The van der Waals surface area contributed by atoms with E-state index in [1.54, 1.807) is 48.5 Å². The van der Waals surface area contributed by atoms with Crippen LogP contribution >= 0.6 is 7.82 Å². The second-order valence-corrected chi connectivity index (χ2v) is 11.1.